The number of hydrogen-bond acceptors (Lipinski definition) is 3. The maximum absolute atomic E-state index is 3.78. The highest BCUT2D eigenvalue weighted by atomic mass is 79.9. The van der Waals surface area contributed by atoms with Gasteiger partial charge in [-0.25, -0.2) is 0 Å². The lowest BCUT2D eigenvalue weighted by atomic mass is 9.81. The summed E-state index contributed by atoms with van der Waals surface area (Å²) >= 11 is 5.47. The van der Waals surface area contributed by atoms with Crippen molar-refractivity contribution in [3.8, 4) is 0 Å². The van der Waals surface area contributed by atoms with Crippen molar-refractivity contribution in [2.45, 2.75) is 64.1 Å². The Morgan fingerprint density at radius 3 is 2.76 bits per heavy atom. The predicted molar refractivity (Wildman–Crippen MR) is 94.9 cm³/mol. The second kappa shape index (κ2) is 6.69. The minimum atomic E-state index is 0.236. The molecule has 0 aromatic carbocycles. The average molecular weight is 371 g/mol. The molecule has 118 valence electrons. The molecule has 21 heavy (non-hydrogen) atoms. The van der Waals surface area contributed by atoms with Crippen LogP contribution in [0, 0.1) is 5.92 Å². The van der Waals surface area contributed by atoms with Gasteiger partial charge >= 0.3 is 0 Å². The quantitative estimate of drug-likeness (QED) is 0.833. The van der Waals surface area contributed by atoms with Crippen molar-refractivity contribution >= 4 is 27.3 Å². The van der Waals surface area contributed by atoms with E-state index in [2.05, 4.69) is 51.4 Å². The van der Waals surface area contributed by atoms with Crippen molar-refractivity contribution < 1.29 is 0 Å². The Morgan fingerprint density at radius 2 is 2.10 bits per heavy atom. The van der Waals surface area contributed by atoms with E-state index < -0.39 is 0 Å². The lowest BCUT2D eigenvalue weighted by Crippen LogP contribution is -2.63. The predicted octanol–water partition coefficient (Wildman–Crippen LogP) is 4.64. The monoisotopic (exact) mass is 370 g/mol. The first kappa shape index (κ1) is 16.0. The second-order valence-corrected chi connectivity index (χ2v) is 9.28. The summed E-state index contributed by atoms with van der Waals surface area (Å²) in [5, 5.41) is 5.99. The topological polar surface area (TPSA) is 15.3 Å². The molecular weight excluding hydrogens is 344 g/mol. The third-order valence-corrected chi connectivity index (χ3v) is 6.71. The molecule has 3 rings (SSSR count). The smallest absolute Gasteiger partial charge is 0.0332 e. The zero-order valence-electron chi connectivity index (χ0n) is 13.2. The molecule has 0 radical (unpaired) electrons. The minimum Gasteiger partial charge on any atom is -0.309 e. The standard InChI is InChI=1S/C17H27BrN2S/c1-17(2)12-20(10-15-8-14(18)11-21-15)16(9-19-17)13-6-4-3-5-7-13/h8,11,13,16,19H,3-7,9-10,12H2,1-2H3. The number of thiophene rings is 1. The van der Waals surface area contributed by atoms with Gasteiger partial charge in [0.25, 0.3) is 0 Å². The Balaban J connectivity index is 1.73. The number of rotatable bonds is 3. The molecule has 1 N–H and O–H groups in total. The van der Waals surface area contributed by atoms with Crippen LogP contribution in [0.4, 0.5) is 0 Å². The SMILES string of the molecule is CC1(C)CN(Cc2cc(Br)cs2)C(C2CCCCC2)CN1. The summed E-state index contributed by atoms with van der Waals surface area (Å²) in [5.74, 6) is 0.894. The van der Waals surface area contributed by atoms with E-state index in [1.54, 1.807) is 0 Å². The van der Waals surface area contributed by atoms with Crippen molar-refractivity contribution in [3.63, 3.8) is 0 Å². The fraction of sp³-hybridized carbons (Fsp3) is 0.765. The third kappa shape index (κ3) is 4.10. The molecule has 1 aliphatic carbocycles. The highest BCUT2D eigenvalue weighted by molar-refractivity contribution is 9.10. The van der Waals surface area contributed by atoms with Gasteiger partial charge in [0, 0.05) is 45.9 Å². The van der Waals surface area contributed by atoms with Crippen LogP contribution in [0.2, 0.25) is 0 Å². The molecule has 1 aromatic heterocycles. The van der Waals surface area contributed by atoms with Crippen LogP contribution < -0.4 is 5.32 Å². The van der Waals surface area contributed by atoms with Gasteiger partial charge in [-0.3, -0.25) is 4.90 Å². The number of piperazine rings is 1. The number of hydrogen-bond donors (Lipinski definition) is 1. The molecule has 1 aromatic rings. The summed E-state index contributed by atoms with van der Waals surface area (Å²) in [6.45, 7) is 8.10. The molecule has 2 aliphatic rings. The van der Waals surface area contributed by atoms with Crippen molar-refractivity contribution in [1.29, 1.82) is 0 Å². The summed E-state index contributed by atoms with van der Waals surface area (Å²) in [4.78, 5) is 4.24. The van der Waals surface area contributed by atoms with E-state index in [0.29, 0.717) is 0 Å². The highest BCUT2D eigenvalue weighted by Gasteiger charge is 2.36. The van der Waals surface area contributed by atoms with Crippen LogP contribution in [0.1, 0.15) is 50.8 Å². The lowest BCUT2D eigenvalue weighted by molar-refractivity contribution is 0.0426. The van der Waals surface area contributed by atoms with Gasteiger partial charge in [-0.05, 0) is 54.6 Å². The summed E-state index contributed by atoms with van der Waals surface area (Å²) in [5.41, 5.74) is 0.236. The lowest BCUT2D eigenvalue weighted by Gasteiger charge is -2.48. The van der Waals surface area contributed by atoms with Gasteiger partial charge < -0.3 is 5.32 Å². The molecular formula is C17H27BrN2S. The van der Waals surface area contributed by atoms with Gasteiger partial charge in [-0.1, -0.05) is 19.3 Å². The Morgan fingerprint density at radius 1 is 1.33 bits per heavy atom. The molecule has 4 heteroatoms. The van der Waals surface area contributed by atoms with Crippen LogP contribution in [-0.2, 0) is 6.54 Å². The molecule has 2 heterocycles. The summed E-state index contributed by atoms with van der Waals surface area (Å²) in [7, 11) is 0. The van der Waals surface area contributed by atoms with E-state index >= 15 is 0 Å². The van der Waals surface area contributed by atoms with E-state index in [1.807, 2.05) is 11.3 Å². The summed E-state index contributed by atoms with van der Waals surface area (Å²) in [6, 6.07) is 3.01. The number of nitrogens with one attached hydrogen (secondary N) is 1. The maximum atomic E-state index is 3.78. The van der Waals surface area contributed by atoms with Crippen LogP contribution in [0.15, 0.2) is 15.9 Å². The average Bonchev–Trinajstić information content (AvgIpc) is 2.84. The molecule has 1 saturated heterocycles. The zero-order valence-corrected chi connectivity index (χ0v) is 15.6. The Kier molecular flexibility index (Phi) is 5.09. The van der Waals surface area contributed by atoms with Gasteiger partial charge in [0.2, 0.25) is 0 Å². The number of halogens is 1. The maximum Gasteiger partial charge on any atom is 0.0332 e. The first-order valence-corrected chi connectivity index (χ1v) is 9.93. The van der Waals surface area contributed by atoms with Gasteiger partial charge in [0.15, 0.2) is 0 Å². The van der Waals surface area contributed by atoms with E-state index in [4.69, 9.17) is 0 Å². The summed E-state index contributed by atoms with van der Waals surface area (Å²) < 4.78 is 1.23. The van der Waals surface area contributed by atoms with Crippen molar-refractivity contribution in [1.82, 2.24) is 10.2 Å². The van der Waals surface area contributed by atoms with Crippen molar-refractivity contribution in [2.75, 3.05) is 13.1 Å². The van der Waals surface area contributed by atoms with E-state index in [1.165, 1.54) is 41.5 Å². The van der Waals surface area contributed by atoms with E-state index in [-0.39, 0.29) is 5.54 Å². The van der Waals surface area contributed by atoms with E-state index in [9.17, 15) is 0 Å². The number of nitrogens with zero attached hydrogens (tertiary/aromatic N) is 1. The van der Waals surface area contributed by atoms with Crippen LogP contribution in [0.25, 0.3) is 0 Å². The van der Waals surface area contributed by atoms with Gasteiger partial charge in [-0.2, -0.15) is 0 Å². The molecule has 0 bridgehead atoms. The fourth-order valence-corrected chi connectivity index (χ4v) is 5.46. The minimum absolute atomic E-state index is 0.236. The first-order valence-electron chi connectivity index (χ1n) is 8.25. The van der Waals surface area contributed by atoms with Crippen molar-refractivity contribution in [2.24, 2.45) is 5.92 Å². The highest BCUT2D eigenvalue weighted by Crippen LogP contribution is 2.33. The Hall–Kier alpha value is 0.1000. The molecule has 0 amide bonds. The molecule has 2 nitrogen and oxygen atoms in total. The Bertz CT molecular complexity index is 465. The normalized spacial score (nSPS) is 27.9. The molecule has 0 spiro atoms. The third-order valence-electron chi connectivity index (χ3n) is 5.03. The summed E-state index contributed by atoms with van der Waals surface area (Å²) in [6.07, 6.45) is 7.17. The van der Waals surface area contributed by atoms with Gasteiger partial charge in [-0.15, -0.1) is 11.3 Å². The largest absolute Gasteiger partial charge is 0.309 e. The second-order valence-electron chi connectivity index (χ2n) is 7.37. The first-order chi connectivity index (χ1) is 10.0. The zero-order chi connectivity index (χ0) is 14.9. The molecule has 2 fully saturated rings. The van der Waals surface area contributed by atoms with Gasteiger partial charge in [0.1, 0.15) is 0 Å². The van der Waals surface area contributed by atoms with Crippen LogP contribution >= 0.6 is 27.3 Å². The molecule has 1 unspecified atom stereocenters. The Labute approximate surface area is 141 Å². The van der Waals surface area contributed by atoms with Crippen LogP contribution in [-0.4, -0.2) is 29.6 Å². The van der Waals surface area contributed by atoms with Crippen LogP contribution in [0.5, 0.6) is 0 Å². The molecule has 1 aliphatic heterocycles. The van der Waals surface area contributed by atoms with Crippen molar-refractivity contribution in [3.05, 3.63) is 20.8 Å². The molecule has 1 atom stereocenters. The fourth-order valence-electron chi connectivity index (χ4n) is 3.98. The van der Waals surface area contributed by atoms with E-state index in [0.717, 1.165) is 31.6 Å². The van der Waals surface area contributed by atoms with Crippen LogP contribution in [0.3, 0.4) is 0 Å². The molecule has 1 saturated carbocycles. The van der Waals surface area contributed by atoms with Gasteiger partial charge in [0.05, 0.1) is 0 Å².